The molecule has 1 aliphatic heterocycles. The largest absolute Gasteiger partial charge is 0.339 e. The minimum Gasteiger partial charge on any atom is -0.339 e. The van der Waals surface area contributed by atoms with Crippen molar-refractivity contribution in [3.8, 4) is 0 Å². The summed E-state index contributed by atoms with van der Waals surface area (Å²) in [5.74, 6) is 0.0328. The molecule has 3 rings (SSSR count). The number of aliphatic imine (C=N–C) groups is 1. The molecule has 0 spiro atoms. The van der Waals surface area contributed by atoms with E-state index in [4.69, 9.17) is 23.2 Å². The highest BCUT2D eigenvalue weighted by Gasteiger charge is 2.28. The van der Waals surface area contributed by atoms with E-state index in [0.717, 1.165) is 24.7 Å². The quantitative estimate of drug-likeness (QED) is 0.696. The van der Waals surface area contributed by atoms with Crippen molar-refractivity contribution in [1.82, 2.24) is 4.90 Å². The van der Waals surface area contributed by atoms with Gasteiger partial charge in [0.05, 0.1) is 20.6 Å². The van der Waals surface area contributed by atoms with Crippen molar-refractivity contribution >= 4 is 57.6 Å². The van der Waals surface area contributed by atoms with E-state index in [2.05, 4.69) is 10.3 Å². The smallest absolute Gasteiger partial charge is 0.286 e. The molecule has 1 fully saturated rings. The van der Waals surface area contributed by atoms with E-state index in [-0.39, 0.29) is 5.91 Å². The molecule has 26 heavy (non-hydrogen) atoms. The number of hydrogen-bond donors (Lipinski definition) is 1. The van der Waals surface area contributed by atoms with E-state index in [1.807, 2.05) is 11.8 Å². The average molecular weight is 412 g/mol. The molecular weight excluding hydrogens is 393 g/mol. The van der Waals surface area contributed by atoms with Gasteiger partial charge in [0.25, 0.3) is 5.91 Å². The highest BCUT2D eigenvalue weighted by molar-refractivity contribution is 8.18. The molecule has 1 aliphatic carbocycles. The Morgan fingerprint density at radius 3 is 2.69 bits per heavy atom. The van der Waals surface area contributed by atoms with Gasteiger partial charge in [-0.2, -0.15) is 4.99 Å². The van der Waals surface area contributed by atoms with Gasteiger partial charge in [0.15, 0.2) is 5.17 Å². The highest BCUT2D eigenvalue weighted by Crippen LogP contribution is 2.34. The molecule has 1 heterocycles. The molecule has 0 radical (unpaired) electrons. The van der Waals surface area contributed by atoms with E-state index < -0.39 is 5.91 Å². The average Bonchev–Trinajstić information content (AvgIpc) is 3.34. The van der Waals surface area contributed by atoms with Crippen molar-refractivity contribution in [3.63, 3.8) is 0 Å². The normalized spacial score (nSPS) is 18.2. The van der Waals surface area contributed by atoms with Crippen LogP contribution in [0, 0.1) is 5.92 Å². The number of para-hydroxylation sites is 1. The summed E-state index contributed by atoms with van der Waals surface area (Å²) in [5, 5.41) is 4.19. The summed E-state index contributed by atoms with van der Waals surface area (Å²) in [7, 11) is 0. The molecule has 2 aliphatic rings. The van der Waals surface area contributed by atoms with Crippen LogP contribution < -0.4 is 5.32 Å². The lowest BCUT2D eigenvalue weighted by Crippen LogP contribution is -2.32. The molecule has 2 amide bonds. The molecule has 1 aromatic carbocycles. The molecule has 0 aromatic heterocycles. The standard InChI is InChI=1S/C18H19Cl2N3O2S/c1-2-8-23(10-11-6-7-11)15(24)9-14-17(25)22-18(26-14)21-16-12(19)4-3-5-13(16)20/h3-5,9,11H,2,6-8,10H2,1H3,(H,21,22,25)/b14-9+. The third kappa shape index (κ3) is 4.81. The first-order valence-corrected chi connectivity index (χ1v) is 10.1. The van der Waals surface area contributed by atoms with Crippen LogP contribution in [0.15, 0.2) is 34.2 Å². The lowest BCUT2D eigenvalue weighted by Gasteiger charge is -2.20. The zero-order chi connectivity index (χ0) is 18.7. The lowest BCUT2D eigenvalue weighted by atomic mass is 10.3. The second-order valence-electron chi connectivity index (χ2n) is 6.28. The maximum atomic E-state index is 12.5. The second-order valence-corrected chi connectivity index (χ2v) is 8.13. The summed E-state index contributed by atoms with van der Waals surface area (Å²) in [6.07, 6.45) is 4.62. The van der Waals surface area contributed by atoms with Crippen LogP contribution in [0.3, 0.4) is 0 Å². The number of anilines is 1. The molecule has 8 heteroatoms. The third-order valence-corrected chi connectivity index (χ3v) is 5.58. The number of benzene rings is 1. The number of halogens is 2. The number of thioether (sulfide) groups is 1. The summed E-state index contributed by atoms with van der Waals surface area (Å²) in [4.78, 5) is 30.8. The molecule has 1 saturated carbocycles. The maximum Gasteiger partial charge on any atom is 0.286 e. The van der Waals surface area contributed by atoms with Gasteiger partial charge in [-0.1, -0.05) is 36.2 Å². The summed E-state index contributed by atoms with van der Waals surface area (Å²) in [5.41, 5.74) is 0.490. The van der Waals surface area contributed by atoms with Crippen LogP contribution >= 0.6 is 35.0 Å². The summed E-state index contributed by atoms with van der Waals surface area (Å²) < 4.78 is 0. The summed E-state index contributed by atoms with van der Waals surface area (Å²) in [6.45, 7) is 3.49. The minimum atomic E-state index is -0.433. The maximum absolute atomic E-state index is 12.5. The Kier molecular flexibility index (Phi) is 6.27. The van der Waals surface area contributed by atoms with Gasteiger partial charge in [-0.05, 0) is 49.1 Å². The Balaban J connectivity index is 1.68. The number of amidine groups is 1. The number of nitrogens with zero attached hydrogens (tertiary/aromatic N) is 2. The van der Waals surface area contributed by atoms with Crippen LogP contribution in [-0.4, -0.2) is 35.0 Å². The molecular formula is C18H19Cl2N3O2S. The van der Waals surface area contributed by atoms with Crippen LogP contribution in [0.2, 0.25) is 10.0 Å². The Bertz CT molecular complexity index is 770. The molecule has 1 N–H and O–H groups in total. The van der Waals surface area contributed by atoms with Crippen LogP contribution in [-0.2, 0) is 9.59 Å². The minimum absolute atomic E-state index is 0.137. The molecule has 1 aromatic rings. The van der Waals surface area contributed by atoms with Crippen molar-refractivity contribution in [2.75, 3.05) is 18.4 Å². The zero-order valence-corrected chi connectivity index (χ0v) is 16.6. The predicted octanol–water partition coefficient (Wildman–Crippen LogP) is 4.57. The molecule has 0 saturated heterocycles. The van der Waals surface area contributed by atoms with Crippen LogP contribution in [0.5, 0.6) is 0 Å². The van der Waals surface area contributed by atoms with Crippen molar-refractivity contribution in [1.29, 1.82) is 0 Å². The molecule has 0 bridgehead atoms. The van der Waals surface area contributed by atoms with Crippen LogP contribution in [0.1, 0.15) is 26.2 Å². The zero-order valence-electron chi connectivity index (χ0n) is 14.3. The fourth-order valence-corrected chi connectivity index (χ4v) is 3.84. The number of amides is 2. The first-order chi connectivity index (χ1) is 12.5. The lowest BCUT2D eigenvalue weighted by molar-refractivity contribution is -0.126. The van der Waals surface area contributed by atoms with E-state index in [1.54, 1.807) is 18.2 Å². The number of carbonyl (C=O) groups excluding carboxylic acids is 2. The Labute approximate surface area is 166 Å². The number of carbonyl (C=O) groups is 2. The van der Waals surface area contributed by atoms with Crippen LogP contribution in [0.25, 0.3) is 0 Å². The van der Waals surface area contributed by atoms with Crippen molar-refractivity contribution in [2.45, 2.75) is 26.2 Å². The van der Waals surface area contributed by atoms with Crippen molar-refractivity contribution in [2.24, 2.45) is 10.9 Å². The van der Waals surface area contributed by atoms with Gasteiger partial charge in [-0.25, -0.2) is 0 Å². The van der Waals surface area contributed by atoms with Gasteiger partial charge < -0.3 is 10.2 Å². The molecule has 138 valence electrons. The van der Waals surface area contributed by atoms with Crippen LogP contribution in [0.4, 0.5) is 5.69 Å². The fourth-order valence-electron chi connectivity index (χ4n) is 2.56. The van der Waals surface area contributed by atoms with E-state index in [0.29, 0.717) is 38.3 Å². The highest BCUT2D eigenvalue weighted by atomic mass is 35.5. The Morgan fingerprint density at radius 2 is 2.08 bits per heavy atom. The summed E-state index contributed by atoms with van der Waals surface area (Å²) in [6, 6.07) is 5.12. The van der Waals surface area contributed by atoms with Crippen molar-refractivity contribution < 1.29 is 9.59 Å². The monoisotopic (exact) mass is 411 g/mol. The molecule has 5 nitrogen and oxygen atoms in total. The van der Waals surface area contributed by atoms with Gasteiger partial charge >= 0.3 is 0 Å². The molecule has 0 atom stereocenters. The fraction of sp³-hybridized carbons (Fsp3) is 0.389. The number of hydrogen-bond acceptors (Lipinski definition) is 4. The van der Waals surface area contributed by atoms with Gasteiger partial charge in [0, 0.05) is 19.2 Å². The van der Waals surface area contributed by atoms with Gasteiger partial charge in [0.2, 0.25) is 5.91 Å². The topological polar surface area (TPSA) is 61.8 Å². The van der Waals surface area contributed by atoms with Gasteiger partial charge in [-0.3, -0.25) is 9.59 Å². The molecule has 0 unspecified atom stereocenters. The SMILES string of the molecule is CCCN(CC1CC1)C(=O)/C=C1/SC(Nc2c(Cl)cccc2Cl)=NC1=O. The number of rotatable bonds is 6. The van der Waals surface area contributed by atoms with E-state index in [1.165, 1.54) is 18.9 Å². The first kappa shape index (κ1) is 19.3. The summed E-state index contributed by atoms with van der Waals surface area (Å²) >= 11 is 13.4. The van der Waals surface area contributed by atoms with E-state index in [9.17, 15) is 9.59 Å². The third-order valence-electron chi connectivity index (χ3n) is 4.05. The number of nitrogens with one attached hydrogen (secondary N) is 1. The van der Waals surface area contributed by atoms with Gasteiger partial charge in [-0.15, -0.1) is 0 Å². The van der Waals surface area contributed by atoms with Gasteiger partial charge in [0.1, 0.15) is 0 Å². The first-order valence-electron chi connectivity index (χ1n) is 8.50. The Hall–Kier alpha value is -1.50. The Morgan fingerprint density at radius 1 is 1.38 bits per heavy atom. The predicted molar refractivity (Wildman–Crippen MR) is 108 cm³/mol. The second kappa shape index (κ2) is 8.46. The van der Waals surface area contributed by atoms with E-state index >= 15 is 0 Å². The van der Waals surface area contributed by atoms with Crippen molar-refractivity contribution in [3.05, 3.63) is 39.2 Å².